The highest BCUT2D eigenvalue weighted by atomic mass is 15.0. The summed E-state index contributed by atoms with van der Waals surface area (Å²) in [7, 11) is 0. The lowest BCUT2D eigenvalue weighted by atomic mass is 9.80. The van der Waals surface area contributed by atoms with E-state index in [-0.39, 0.29) is 5.41 Å². The maximum atomic E-state index is 5.26. The van der Waals surface area contributed by atoms with Crippen molar-refractivity contribution in [2.24, 2.45) is 0 Å². The summed E-state index contributed by atoms with van der Waals surface area (Å²) < 4.78 is 2.47. The third-order valence-corrected chi connectivity index (χ3v) is 12.4. The van der Waals surface area contributed by atoms with E-state index in [1.807, 2.05) is 18.2 Å². The van der Waals surface area contributed by atoms with Crippen molar-refractivity contribution in [1.82, 2.24) is 19.5 Å². The number of para-hydroxylation sites is 1. The lowest BCUT2D eigenvalue weighted by Gasteiger charge is -2.23. The molecule has 12 rings (SSSR count). The van der Waals surface area contributed by atoms with Crippen molar-refractivity contribution in [3.8, 4) is 51.0 Å². The van der Waals surface area contributed by atoms with E-state index in [4.69, 9.17) is 15.0 Å². The molecule has 272 valence electrons. The summed E-state index contributed by atoms with van der Waals surface area (Å²) >= 11 is 0. The van der Waals surface area contributed by atoms with Gasteiger partial charge in [-0.1, -0.05) is 166 Å². The number of rotatable bonds is 4. The lowest BCUT2D eigenvalue weighted by Crippen LogP contribution is -2.15. The van der Waals surface area contributed by atoms with Gasteiger partial charge in [0.25, 0.3) is 0 Å². The summed E-state index contributed by atoms with van der Waals surface area (Å²) in [6.45, 7) is 4.77. The number of fused-ring (bicyclic) bond motifs is 10. The summed E-state index contributed by atoms with van der Waals surface area (Å²) in [6.07, 6.45) is 0. The maximum absolute atomic E-state index is 5.26. The minimum atomic E-state index is -0.177. The molecule has 1 aliphatic carbocycles. The molecule has 4 nitrogen and oxygen atoms in total. The molecule has 9 aromatic carbocycles. The van der Waals surface area contributed by atoms with Gasteiger partial charge in [0.15, 0.2) is 17.5 Å². The van der Waals surface area contributed by atoms with Gasteiger partial charge in [0, 0.05) is 38.3 Å². The van der Waals surface area contributed by atoms with E-state index in [1.54, 1.807) is 0 Å². The molecule has 0 fully saturated rings. The van der Waals surface area contributed by atoms with Crippen LogP contribution < -0.4 is 0 Å². The maximum Gasteiger partial charge on any atom is 0.164 e. The van der Waals surface area contributed by atoms with E-state index in [9.17, 15) is 0 Å². The van der Waals surface area contributed by atoms with Crippen LogP contribution in [-0.2, 0) is 5.41 Å². The molecule has 4 heteroatoms. The third kappa shape index (κ3) is 4.72. The highest BCUT2D eigenvalue weighted by molar-refractivity contribution is 6.14. The van der Waals surface area contributed by atoms with Crippen molar-refractivity contribution >= 4 is 54.1 Å². The smallest absolute Gasteiger partial charge is 0.164 e. The van der Waals surface area contributed by atoms with E-state index < -0.39 is 0 Å². The van der Waals surface area contributed by atoms with Crippen molar-refractivity contribution < 1.29 is 0 Å². The Hall–Kier alpha value is -7.43. The fourth-order valence-electron chi connectivity index (χ4n) is 9.75. The second-order valence-corrected chi connectivity index (χ2v) is 16.0. The summed E-state index contributed by atoms with van der Waals surface area (Å²) in [5, 5.41) is 9.58. The Morgan fingerprint density at radius 1 is 0.379 bits per heavy atom. The summed E-state index contributed by atoms with van der Waals surface area (Å²) in [6, 6.07) is 65.3. The van der Waals surface area contributed by atoms with E-state index >= 15 is 0 Å². The molecular weight excluding hydrogens is 705 g/mol. The number of hydrogen-bond acceptors (Lipinski definition) is 3. The van der Waals surface area contributed by atoms with Gasteiger partial charge in [-0.15, -0.1) is 0 Å². The third-order valence-electron chi connectivity index (χ3n) is 12.4. The summed E-state index contributed by atoms with van der Waals surface area (Å²) in [4.78, 5) is 15.6. The molecular formula is C54H36N4. The van der Waals surface area contributed by atoms with Crippen LogP contribution in [0.3, 0.4) is 0 Å². The van der Waals surface area contributed by atoms with Gasteiger partial charge in [0.2, 0.25) is 0 Å². The van der Waals surface area contributed by atoms with Gasteiger partial charge in [-0.2, -0.15) is 0 Å². The number of hydrogen-bond donors (Lipinski definition) is 0. The van der Waals surface area contributed by atoms with E-state index in [0.29, 0.717) is 17.5 Å². The minimum absolute atomic E-state index is 0.177. The Morgan fingerprint density at radius 2 is 0.966 bits per heavy atom. The Kier molecular flexibility index (Phi) is 6.94. The average Bonchev–Trinajstić information content (AvgIpc) is 3.72. The second kappa shape index (κ2) is 12.3. The predicted molar refractivity (Wildman–Crippen MR) is 241 cm³/mol. The van der Waals surface area contributed by atoms with Crippen LogP contribution in [0, 0.1) is 0 Å². The van der Waals surface area contributed by atoms with Gasteiger partial charge in [0.1, 0.15) is 0 Å². The Balaban J connectivity index is 1.10. The molecule has 0 bridgehead atoms. The van der Waals surface area contributed by atoms with Crippen LogP contribution >= 0.6 is 0 Å². The Bertz CT molecular complexity index is 3480. The fraction of sp³-hybridized carbons (Fsp3) is 0.0556. The molecule has 2 aromatic heterocycles. The highest BCUT2D eigenvalue weighted by Gasteiger charge is 2.38. The van der Waals surface area contributed by atoms with Gasteiger partial charge in [-0.05, 0) is 79.5 Å². The number of nitrogens with zero attached hydrogens (tertiary/aromatic N) is 4. The molecule has 1 aliphatic rings. The molecule has 2 heterocycles. The van der Waals surface area contributed by atoms with Crippen LogP contribution in [0.5, 0.6) is 0 Å². The van der Waals surface area contributed by atoms with Gasteiger partial charge < -0.3 is 4.57 Å². The molecule has 0 aliphatic heterocycles. The molecule has 0 atom stereocenters. The van der Waals surface area contributed by atoms with Crippen molar-refractivity contribution in [3.05, 3.63) is 193 Å². The molecule has 0 saturated heterocycles. The van der Waals surface area contributed by atoms with E-state index in [0.717, 1.165) is 43.9 Å². The standard InChI is InChI=1S/C54H36N4/c1-54(2)46-32-49-45(31-44(46)41-28-27-34-16-7-9-21-37(34)50(41)54)40-24-12-13-26-47(40)58(49)48-30-29-43(38-22-10-11-23-39(38)48)53-56-51(35-17-4-3-5-18-35)55-52(57-53)42-25-14-19-33-15-6-8-20-36(33)42/h3-32H,1-2H3. The molecule has 0 amide bonds. The first kappa shape index (κ1) is 32.8. The van der Waals surface area contributed by atoms with Crippen molar-refractivity contribution in [1.29, 1.82) is 0 Å². The first-order valence-electron chi connectivity index (χ1n) is 20.0. The minimum Gasteiger partial charge on any atom is -0.309 e. The molecule has 11 aromatic rings. The van der Waals surface area contributed by atoms with Crippen LogP contribution in [0.25, 0.3) is 105 Å². The SMILES string of the molecule is CC1(C)c2cc3c(cc2-c2ccc4ccccc4c21)c1ccccc1n3-c1ccc(-c2nc(-c3ccccc3)nc(-c3cccc4ccccc34)n2)c2ccccc12. The fourth-order valence-corrected chi connectivity index (χ4v) is 9.75. The van der Waals surface area contributed by atoms with Crippen LogP contribution in [0.2, 0.25) is 0 Å². The van der Waals surface area contributed by atoms with Crippen LogP contribution in [0.15, 0.2) is 182 Å². The van der Waals surface area contributed by atoms with Gasteiger partial charge in [-0.25, -0.2) is 15.0 Å². The van der Waals surface area contributed by atoms with Gasteiger partial charge >= 0.3 is 0 Å². The van der Waals surface area contributed by atoms with Crippen molar-refractivity contribution in [3.63, 3.8) is 0 Å². The average molecular weight is 741 g/mol. The monoisotopic (exact) mass is 740 g/mol. The zero-order valence-electron chi connectivity index (χ0n) is 32.1. The topological polar surface area (TPSA) is 43.6 Å². The predicted octanol–water partition coefficient (Wildman–Crippen LogP) is 13.7. The first-order valence-corrected chi connectivity index (χ1v) is 20.0. The second-order valence-electron chi connectivity index (χ2n) is 16.0. The zero-order valence-corrected chi connectivity index (χ0v) is 32.1. The molecule has 58 heavy (non-hydrogen) atoms. The lowest BCUT2D eigenvalue weighted by molar-refractivity contribution is 0.667. The van der Waals surface area contributed by atoms with Crippen LogP contribution in [0.1, 0.15) is 25.0 Å². The summed E-state index contributed by atoms with van der Waals surface area (Å²) in [5.74, 6) is 1.95. The zero-order chi connectivity index (χ0) is 38.5. The number of aromatic nitrogens is 4. The highest BCUT2D eigenvalue weighted by Crippen LogP contribution is 2.53. The molecule has 0 radical (unpaired) electrons. The van der Waals surface area contributed by atoms with Crippen LogP contribution in [-0.4, -0.2) is 19.5 Å². The van der Waals surface area contributed by atoms with Crippen LogP contribution in [0.4, 0.5) is 0 Å². The summed E-state index contributed by atoms with van der Waals surface area (Å²) in [5.41, 5.74) is 11.7. The number of benzene rings is 9. The molecule has 0 spiro atoms. The molecule has 0 N–H and O–H groups in total. The van der Waals surface area contributed by atoms with Crippen molar-refractivity contribution in [2.45, 2.75) is 19.3 Å². The normalized spacial score (nSPS) is 13.1. The van der Waals surface area contributed by atoms with Gasteiger partial charge in [0.05, 0.1) is 16.7 Å². The first-order chi connectivity index (χ1) is 28.5. The van der Waals surface area contributed by atoms with Crippen molar-refractivity contribution in [2.75, 3.05) is 0 Å². The Labute approximate surface area is 335 Å². The molecule has 0 saturated carbocycles. The van der Waals surface area contributed by atoms with Gasteiger partial charge in [-0.3, -0.25) is 0 Å². The Morgan fingerprint density at radius 3 is 1.76 bits per heavy atom. The molecule has 0 unspecified atom stereocenters. The van der Waals surface area contributed by atoms with E-state index in [2.05, 4.69) is 182 Å². The quantitative estimate of drug-likeness (QED) is 0.180. The largest absolute Gasteiger partial charge is 0.309 e. The van der Waals surface area contributed by atoms with E-state index in [1.165, 1.54) is 54.8 Å².